The van der Waals surface area contributed by atoms with Crippen molar-refractivity contribution in [3.05, 3.63) is 29.8 Å². The molecule has 6 nitrogen and oxygen atoms in total. The van der Waals surface area contributed by atoms with Gasteiger partial charge < -0.3 is 15.4 Å². The molecule has 6 heteroatoms. The van der Waals surface area contributed by atoms with Crippen molar-refractivity contribution in [2.75, 3.05) is 25.0 Å². The van der Waals surface area contributed by atoms with Gasteiger partial charge in [0.25, 0.3) is 0 Å². The van der Waals surface area contributed by atoms with E-state index in [1.54, 1.807) is 0 Å². The number of carbonyl (C=O) groups is 1. The Morgan fingerprint density at radius 3 is 2.52 bits per heavy atom. The molecule has 4 aliphatic rings. The van der Waals surface area contributed by atoms with E-state index in [1.807, 2.05) is 31.2 Å². The zero-order chi connectivity index (χ0) is 21.4. The lowest BCUT2D eigenvalue weighted by Crippen LogP contribution is -2.54. The molecule has 162 valence electrons. The molecule has 0 unspecified atom stereocenters. The van der Waals surface area contributed by atoms with Gasteiger partial charge in [0.05, 0.1) is 17.7 Å². The maximum absolute atomic E-state index is 13.1. The van der Waals surface area contributed by atoms with E-state index < -0.39 is 0 Å². The number of ether oxygens (including phenoxy) is 1. The molecule has 4 bridgehead atoms. The van der Waals surface area contributed by atoms with Gasteiger partial charge >= 0.3 is 0 Å². The van der Waals surface area contributed by atoms with Crippen LogP contribution in [0.1, 0.15) is 51.0 Å². The second-order valence-electron chi connectivity index (χ2n) is 9.66. The molecule has 2 aromatic rings. The van der Waals surface area contributed by atoms with Crippen LogP contribution >= 0.6 is 0 Å². The van der Waals surface area contributed by atoms with Crippen molar-refractivity contribution in [1.82, 2.24) is 10.3 Å². The Labute approximate surface area is 183 Å². The van der Waals surface area contributed by atoms with Crippen molar-refractivity contribution >= 4 is 22.6 Å². The minimum Gasteiger partial charge on any atom is -0.494 e. The van der Waals surface area contributed by atoms with Gasteiger partial charge in [-0.2, -0.15) is 5.26 Å². The summed E-state index contributed by atoms with van der Waals surface area (Å²) >= 11 is 0. The van der Waals surface area contributed by atoms with Crippen LogP contribution in [0.5, 0.6) is 5.75 Å². The van der Waals surface area contributed by atoms with Crippen molar-refractivity contribution in [1.29, 1.82) is 5.26 Å². The molecule has 0 saturated heterocycles. The lowest BCUT2D eigenvalue weighted by molar-refractivity contribution is -0.146. The topological polar surface area (TPSA) is 87.0 Å². The highest BCUT2D eigenvalue weighted by Gasteiger charge is 2.54. The smallest absolute Gasteiger partial charge is 0.226 e. The molecule has 1 amide bonds. The van der Waals surface area contributed by atoms with Gasteiger partial charge in [-0.25, -0.2) is 4.98 Å². The Morgan fingerprint density at radius 1 is 1.16 bits per heavy atom. The molecule has 0 spiro atoms. The largest absolute Gasteiger partial charge is 0.494 e. The van der Waals surface area contributed by atoms with Crippen LogP contribution in [-0.4, -0.2) is 30.6 Å². The Hall–Kier alpha value is -2.81. The first-order valence-electron chi connectivity index (χ1n) is 11.6. The summed E-state index contributed by atoms with van der Waals surface area (Å²) in [5, 5.41) is 16.9. The van der Waals surface area contributed by atoms with Crippen LogP contribution in [0.25, 0.3) is 10.9 Å². The Kier molecular flexibility index (Phi) is 5.21. The van der Waals surface area contributed by atoms with Crippen molar-refractivity contribution in [3.8, 4) is 11.8 Å². The minimum atomic E-state index is -0.119. The van der Waals surface area contributed by atoms with Crippen LogP contribution in [0.3, 0.4) is 0 Å². The predicted octanol–water partition coefficient (Wildman–Crippen LogP) is 4.25. The van der Waals surface area contributed by atoms with Gasteiger partial charge in [-0.15, -0.1) is 0 Å². The summed E-state index contributed by atoms with van der Waals surface area (Å²) < 4.78 is 5.54. The third-order valence-electron chi connectivity index (χ3n) is 7.44. The van der Waals surface area contributed by atoms with Crippen LogP contribution in [0.2, 0.25) is 0 Å². The van der Waals surface area contributed by atoms with Crippen molar-refractivity contribution < 1.29 is 9.53 Å². The fraction of sp³-hybridized carbons (Fsp3) is 0.560. The summed E-state index contributed by atoms with van der Waals surface area (Å²) in [5.41, 5.74) is 1.18. The molecule has 4 aliphatic carbocycles. The number of rotatable bonds is 7. The van der Waals surface area contributed by atoms with E-state index in [0.29, 0.717) is 31.1 Å². The zero-order valence-electron chi connectivity index (χ0n) is 18.1. The molecule has 1 aromatic carbocycles. The number of anilines is 1. The number of benzene rings is 1. The van der Waals surface area contributed by atoms with Gasteiger partial charge in [0.2, 0.25) is 5.91 Å². The average Bonchev–Trinajstić information content (AvgIpc) is 2.75. The molecule has 4 saturated carbocycles. The van der Waals surface area contributed by atoms with Gasteiger partial charge in [0, 0.05) is 23.9 Å². The Morgan fingerprint density at radius 2 is 1.87 bits per heavy atom. The lowest BCUT2D eigenvalue weighted by atomic mass is 9.49. The summed E-state index contributed by atoms with van der Waals surface area (Å²) in [6.07, 6.45) is 7.24. The Balaban J connectivity index is 1.21. The Bertz CT molecular complexity index is 1010. The number of nitrogens with zero attached hydrogens (tertiary/aromatic N) is 2. The third kappa shape index (κ3) is 3.82. The number of pyridine rings is 1. The first-order chi connectivity index (χ1) is 15.1. The number of hydrogen-bond donors (Lipinski definition) is 2. The molecule has 1 heterocycles. The van der Waals surface area contributed by atoms with Gasteiger partial charge in [-0.3, -0.25) is 4.79 Å². The van der Waals surface area contributed by atoms with Crippen LogP contribution in [-0.2, 0) is 4.79 Å². The molecular weight excluding hydrogens is 388 g/mol. The average molecular weight is 419 g/mol. The number of hydrogen-bond acceptors (Lipinski definition) is 5. The van der Waals surface area contributed by atoms with E-state index in [-0.39, 0.29) is 11.3 Å². The van der Waals surface area contributed by atoms with Crippen LogP contribution in [0, 0.1) is 34.5 Å². The number of carbonyl (C=O) groups excluding carboxylic acids is 1. The molecule has 0 radical (unpaired) electrons. The van der Waals surface area contributed by atoms with E-state index in [1.165, 1.54) is 19.3 Å². The molecule has 4 fully saturated rings. The number of fused-ring (bicyclic) bond motifs is 1. The number of nitriles is 1. The van der Waals surface area contributed by atoms with E-state index in [9.17, 15) is 10.1 Å². The summed E-state index contributed by atoms with van der Waals surface area (Å²) in [7, 11) is 0. The molecule has 0 atom stereocenters. The quantitative estimate of drug-likeness (QED) is 0.657. The van der Waals surface area contributed by atoms with Gasteiger partial charge in [-0.1, -0.05) is 0 Å². The minimum absolute atomic E-state index is 0.119. The van der Waals surface area contributed by atoms with Crippen LogP contribution < -0.4 is 15.4 Å². The van der Waals surface area contributed by atoms with E-state index in [4.69, 9.17) is 4.74 Å². The van der Waals surface area contributed by atoms with Crippen LogP contribution in [0.15, 0.2) is 24.3 Å². The normalized spacial score (nSPS) is 28.3. The van der Waals surface area contributed by atoms with Crippen molar-refractivity contribution in [2.45, 2.75) is 45.4 Å². The maximum atomic E-state index is 13.1. The summed E-state index contributed by atoms with van der Waals surface area (Å²) in [4.78, 5) is 17.7. The second kappa shape index (κ2) is 8.03. The molecule has 6 rings (SSSR count). The molecule has 2 N–H and O–H groups in total. The fourth-order valence-corrected chi connectivity index (χ4v) is 6.56. The van der Waals surface area contributed by atoms with Crippen LogP contribution in [0.4, 0.5) is 5.82 Å². The fourth-order valence-electron chi connectivity index (χ4n) is 6.56. The second-order valence-corrected chi connectivity index (χ2v) is 9.66. The molecule has 0 aliphatic heterocycles. The predicted molar refractivity (Wildman–Crippen MR) is 120 cm³/mol. The monoisotopic (exact) mass is 418 g/mol. The number of aromatic nitrogens is 1. The van der Waals surface area contributed by atoms with Gasteiger partial charge in [0.15, 0.2) is 0 Å². The van der Waals surface area contributed by atoms with E-state index in [2.05, 4.69) is 21.7 Å². The maximum Gasteiger partial charge on any atom is 0.226 e. The third-order valence-corrected chi connectivity index (χ3v) is 7.44. The van der Waals surface area contributed by atoms with Crippen molar-refractivity contribution in [3.63, 3.8) is 0 Å². The van der Waals surface area contributed by atoms with Gasteiger partial charge in [0.1, 0.15) is 17.6 Å². The molecular formula is C25H30N4O2. The molecule has 1 aromatic heterocycles. The van der Waals surface area contributed by atoms with Gasteiger partial charge in [-0.05, 0) is 87.5 Å². The van der Waals surface area contributed by atoms with E-state index in [0.717, 1.165) is 53.7 Å². The first kappa shape index (κ1) is 20.1. The summed E-state index contributed by atoms with van der Waals surface area (Å²) in [6, 6.07) is 9.76. The number of amides is 1. The lowest BCUT2D eigenvalue weighted by Gasteiger charge is -2.55. The zero-order valence-corrected chi connectivity index (χ0v) is 18.1. The highest BCUT2D eigenvalue weighted by atomic mass is 16.5. The number of nitrogens with one attached hydrogen (secondary N) is 2. The summed E-state index contributed by atoms with van der Waals surface area (Å²) in [5.74, 6) is 3.86. The standard InChI is InChI=1S/C25H30N4O2/c1-2-31-21-3-4-22-19(11-21)10-20(15-26)23(29-22)27-5-6-28-24(30)25-12-16-7-17(13-25)9-18(8-16)14-25/h3-4,10-11,16-18H,2,5-9,12-14H2,1H3,(H,27,29)(H,28,30). The summed E-state index contributed by atoms with van der Waals surface area (Å²) in [6.45, 7) is 3.62. The highest BCUT2D eigenvalue weighted by Crippen LogP contribution is 2.60. The SMILES string of the molecule is CCOc1ccc2nc(NCCNC(=O)C34CC5CC(CC(C5)C3)C4)c(C#N)cc2c1. The first-order valence-corrected chi connectivity index (χ1v) is 11.6. The van der Waals surface area contributed by atoms with E-state index >= 15 is 0 Å². The van der Waals surface area contributed by atoms with Crippen molar-refractivity contribution in [2.24, 2.45) is 23.2 Å². The molecule has 31 heavy (non-hydrogen) atoms. The highest BCUT2D eigenvalue weighted by molar-refractivity contribution is 5.84.